The molecule has 196 valence electrons. The maximum Gasteiger partial charge on any atom is 0.248 e. The van der Waals surface area contributed by atoms with Crippen LogP contribution < -0.4 is 5.73 Å². The van der Waals surface area contributed by atoms with Gasteiger partial charge in [0, 0.05) is 48.1 Å². The molecule has 6 heterocycles. The molecule has 3 atom stereocenters. The number of aromatic nitrogens is 6. The molecule has 4 aromatic rings. The summed E-state index contributed by atoms with van der Waals surface area (Å²) in [5, 5.41) is 18.4. The van der Waals surface area contributed by atoms with Crippen molar-refractivity contribution >= 4 is 23.2 Å². The number of nitrogens with two attached hydrogens (primary N) is 1. The number of pyridine rings is 1. The average molecular weight is 515 g/mol. The molecular formula is C27H30N8O3. The first-order valence-electron chi connectivity index (χ1n) is 13.0. The van der Waals surface area contributed by atoms with Crippen LogP contribution in [0.15, 0.2) is 36.8 Å². The van der Waals surface area contributed by atoms with Gasteiger partial charge in [-0.3, -0.25) is 19.3 Å². The predicted octanol–water partition coefficient (Wildman–Crippen LogP) is 2.69. The number of carbonyl (C=O) groups is 2. The quantitative estimate of drug-likeness (QED) is 0.374. The molecule has 2 saturated heterocycles. The number of rotatable bonds is 6. The van der Waals surface area contributed by atoms with E-state index in [9.17, 15) is 14.7 Å². The van der Waals surface area contributed by atoms with Crippen molar-refractivity contribution in [3.05, 3.63) is 48.0 Å². The number of nitrogen functional groups attached to an aromatic ring is 1. The number of nitrogens with zero attached hydrogens (tertiary/aromatic N) is 7. The highest BCUT2D eigenvalue weighted by Gasteiger charge is 2.44. The molecule has 0 spiro atoms. The third-order valence-electron chi connectivity index (χ3n) is 7.91. The number of hydrogen-bond donors (Lipinski definition) is 2. The molecule has 2 aliphatic rings. The van der Waals surface area contributed by atoms with Crippen molar-refractivity contribution in [2.24, 2.45) is 0 Å². The fraction of sp³-hybridized carbons (Fsp3) is 0.407. The third kappa shape index (κ3) is 3.85. The van der Waals surface area contributed by atoms with Gasteiger partial charge in [0.25, 0.3) is 0 Å². The highest BCUT2D eigenvalue weighted by Crippen LogP contribution is 2.44. The third-order valence-corrected chi connectivity index (χ3v) is 7.91. The summed E-state index contributed by atoms with van der Waals surface area (Å²) in [7, 11) is 0. The van der Waals surface area contributed by atoms with Gasteiger partial charge in [-0.25, -0.2) is 4.98 Å². The number of aliphatic hydroxyl groups is 1. The van der Waals surface area contributed by atoms with Crippen molar-refractivity contribution in [3.63, 3.8) is 0 Å². The van der Waals surface area contributed by atoms with E-state index in [0.717, 1.165) is 41.9 Å². The van der Waals surface area contributed by atoms with Crippen molar-refractivity contribution in [1.82, 2.24) is 34.3 Å². The monoisotopic (exact) mass is 514 g/mol. The standard InChI is InChI=1S/C27H30N8O3/c1-3-33-9-8-22(32-33)21-7-4-16(12-29-21)20-13-30-35-26(28)24(15(2)37)25(31-27(20)35)17-10-18-5-6-19(11-17)34(18)23(38)14-36/h4,7-9,12-13,17-19,36H,3,5-6,10-11,14,28H2,1-2H3/t17-,18+,19-. The van der Waals surface area contributed by atoms with Crippen LogP contribution in [0.2, 0.25) is 0 Å². The molecule has 0 aliphatic carbocycles. The van der Waals surface area contributed by atoms with E-state index in [1.54, 1.807) is 12.4 Å². The molecule has 11 nitrogen and oxygen atoms in total. The van der Waals surface area contributed by atoms with Gasteiger partial charge in [0.1, 0.15) is 18.1 Å². The number of piperidine rings is 1. The molecule has 0 aromatic carbocycles. The van der Waals surface area contributed by atoms with Gasteiger partial charge < -0.3 is 15.7 Å². The molecule has 0 radical (unpaired) electrons. The second-order valence-corrected chi connectivity index (χ2v) is 10.1. The van der Waals surface area contributed by atoms with Crippen LogP contribution >= 0.6 is 0 Å². The van der Waals surface area contributed by atoms with Crippen molar-refractivity contribution in [1.29, 1.82) is 0 Å². The molecule has 6 rings (SSSR count). The zero-order chi connectivity index (χ0) is 26.6. The minimum absolute atomic E-state index is 0.0229. The van der Waals surface area contributed by atoms with Crippen LogP contribution in [0.5, 0.6) is 0 Å². The van der Waals surface area contributed by atoms with E-state index < -0.39 is 6.61 Å². The molecule has 2 fully saturated rings. The molecule has 2 aliphatic heterocycles. The van der Waals surface area contributed by atoms with Gasteiger partial charge in [0.15, 0.2) is 11.4 Å². The summed E-state index contributed by atoms with van der Waals surface area (Å²) in [5.41, 5.74) is 11.3. The Hall–Kier alpha value is -4.12. The average Bonchev–Trinajstić information content (AvgIpc) is 3.64. The predicted molar refractivity (Wildman–Crippen MR) is 140 cm³/mol. The van der Waals surface area contributed by atoms with Crippen LogP contribution in [0, 0.1) is 0 Å². The Bertz CT molecular complexity index is 1530. The lowest BCUT2D eigenvalue weighted by atomic mass is 9.85. The Balaban J connectivity index is 1.39. The summed E-state index contributed by atoms with van der Waals surface area (Å²) >= 11 is 0. The Morgan fingerprint density at radius 1 is 1.11 bits per heavy atom. The fourth-order valence-electron chi connectivity index (χ4n) is 6.16. The zero-order valence-corrected chi connectivity index (χ0v) is 21.4. The zero-order valence-electron chi connectivity index (χ0n) is 21.4. The molecule has 3 N–H and O–H groups in total. The van der Waals surface area contributed by atoms with E-state index in [1.165, 1.54) is 11.4 Å². The molecule has 1 amide bonds. The number of anilines is 1. The lowest BCUT2D eigenvalue weighted by Crippen LogP contribution is -2.47. The van der Waals surface area contributed by atoms with Crippen LogP contribution in [0.4, 0.5) is 5.82 Å². The van der Waals surface area contributed by atoms with Gasteiger partial charge in [0.05, 0.1) is 23.1 Å². The first-order chi connectivity index (χ1) is 18.4. The van der Waals surface area contributed by atoms with Gasteiger partial charge in [-0.1, -0.05) is 6.07 Å². The lowest BCUT2D eigenvalue weighted by molar-refractivity contribution is -0.138. The first-order valence-corrected chi connectivity index (χ1v) is 13.0. The van der Waals surface area contributed by atoms with Crippen LogP contribution in [-0.4, -0.2) is 69.7 Å². The summed E-state index contributed by atoms with van der Waals surface area (Å²) in [5.74, 6) is -0.165. The summed E-state index contributed by atoms with van der Waals surface area (Å²) < 4.78 is 3.37. The van der Waals surface area contributed by atoms with Crippen LogP contribution in [0.1, 0.15) is 61.5 Å². The highest BCUT2D eigenvalue weighted by atomic mass is 16.3. The minimum atomic E-state index is -0.486. The van der Waals surface area contributed by atoms with Crippen LogP contribution in [0.3, 0.4) is 0 Å². The number of amides is 1. The maximum absolute atomic E-state index is 12.8. The van der Waals surface area contributed by atoms with Gasteiger partial charge >= 0.3 is 0 Å². The van der Waals surface area contributed by atoms with Gasteiger partial charge in [-0.05, 0) is 51.7 Å². The SMILES string of the molecule is CCn1ccc(-c2ccc(-c3cnn4c(N)c(C(C)=O)c([C@H]5C[C@H]6CC[C@@H](C5)N6C(=O)CO)nc34)cn2)n1. The van der Waals surface area contributed by atoms with E-state index in [0.29, 0.717) is 29.7 Å². The highest BCUT2D eigenvalue weighted by molar-refractivity contribution is 6.00. The van der Waals surface area contributed by atoms with E-state index in [-0.39, 0.29) is 35.5 Å². The molecule has 38 heavy (non-hydrogen) atoms. The summed E-state index contributed by atoms with van der Waals surface area (Å²) in [4.78, 5) is 36.5. The molecule has 0 unspecified atom stereocenters. The molecule has 11 heteroatoms. The van der Waals surface area contributed by atoms with E-state index >= 15 is 0 Å². The largest absolute Gasteiger partial charge is 0.387 e. The number of aryl methyl sites for hydroxylation is 1. The van der Waals surface area contributed by atoms with Gasteiger partial charge in [0.2, 0.25) is 5.91 Å². The van der Waals surface area contributed by atoms with E-state index in [4.69, 9.17) is 10.7 Å². The second-order valence-electron chi connectivity index (χ2n) is 10.1. The van der Waals surface area contributed by atoms with Crippen LogP contribution in [0.25, 0.3) is 28.2 Å². The van der Waals surface area contributed by atoms with E-state index in [2.05, 4.69) is 15.2 Å². The van der Waals surface area contributed by atoms with Crippen molar-refractivity contribution in [2.75, 3.05) is 12.3 Å². The summed E-state index contributed by atoms with van der Waals surface area (Å²) in [6, 6.07) is 5.86. The van der Waals surface area contributed by atoms with Crippen molar-refractivity contribution < 1.29 is 14.7 Å². The summed E-state index contributed by atoms with van der Waals surface area (Å²) in [6.07, 6.45) is 8.50. The number of ketones is 1. The first kappa shape index (κ1) is 24.2. The normalized spacial score (nSPS) is 20.8. The Morgan fingerprint density at radius 2 is 1.87 bits per heavy atom. The topological polar surface area (TPSA) is 145 Å². The van der Waals surface area contributed by atoms with E-state index in [1.807, 2.05) is 40.9 Å². The maximum atomic E-state index is 12.8. The van der Waals surface area contributed by atoms with Gasteiger partial charge in [-0.2, -0.15) is 14.7 Å². The van der Waals surface area contributed by atoms with Crippen molar-refractivity contribution in [3.8, 4) is 22.5 Å². The molecule has 4 aromatic heterocycles. The number of fused-ring (bicyclic) bond motifs is 3. The number of hydrogen-bond acceptors (Lipinski definition) is 8. The minimum Gasteiger partial charge on any atom is -0.387 e. The number of Topliss-reactive ketones (excluding diaryl/α,β-unsaturated/α-hetero) is 1. The smallest absolute Gasteiger partial charge is 0.248 e. The van der Waals surface area contributed by atoms with Gasteiger partial charge in [-0.15, -0.1) is 0 Å². The molecule has 0 saturated carbocycles. The lowest BCUT2D eigenvalue weighted by Gasteiger charge is -2.39. The number of aliphatic hydroxyl groups excluding tert-OH is 1. The summed E-state index contributed by atoms with van der Waals surface area (Å²) in [6.45, 7) is 3.83. The number of carbonyl (C=O) groups excluding carboxylic acids is 2. The fourth-order valence-corrected chi connectivity index (χ4v) is 6.16. The Labute approximate surface area is 219 Å². The molecule has 2 bridgehead atoms. The Morgan fingerprint density at radius 3 is 2.47 bits per heavy atom. The van der Waals surface area contributed by atoms with Crippen LogP contribution in [-0.2, 0) is 11.3 Å². The van der Waals surface area contributed by atoms with Crippen molar-refractivity contribution in [2.45, 2.75) is 64.1 Å². The second kappa shape index (κ2) is 9.32. The Kier molecular flexibility index (Phi) is 5.94. The molecular weight excluding hydrogens is 484 g/mol.